The number of aliphatic hydroxyl groups excluding tert-OH is 3. The van der Waals surface area contributed by atoms with Crippen LogP contribution in [-0.4, -0.2) is 86.6 Å². The minimum atomic E-state index is -1.94. The van der Waals surface area contributed by atoms with E-state index in [1.165, 1.54) is 26.4 Å². The molecule has 1 aliphatic heterocycles. The third-order valence-electron chi connectivity index (χ3n) is 5.73. The van der Waals surface area contributed by atoms with Gasteiger partial charge in [0.15, 0.2) is 23.4 Å². The van der Waals surface area contributed by atoms with Crippen LogP contribution in [0.2, 0.25) is 0 Å². The first kappa shape index (κ1) is 25.8. The minimum absolute atomic E-state index is 0.0567. The number of aliphatic carboxylic acids is 1. The first-order valence-electron chi connectivity index (χ1n) is 10.6. The lowest BCUT2D eigenvalue weighted by atomic mass is 9.99. The molecule has 5 atom stereocenters. The Bertz CT molecular complexity index is 1390. The van der Waals surface area contributed by atoms with Gasteiger partial charge in [-0.25, -0.2) is 4.79 Å². The summed E-state index contributed by atoms with van der Waals surface area (Å²) in [6, 6.07) is 4.51. The first-order chi connectivity index (χ1) is 17.5. The molecule has 0 aliphatic carbocycles. The molecule has 2 aromatic carbocycles. The van der Waals surface area contributed by atoms with Crippen LogP contribution < -0.4 is 19.6 Å². The van der Waals surface area contributed by atoms with E-state index < -0.39 is 59.0 Å². The lowest BCUT2D eigenvalue weighted by Gasteiger charge is -2.38. The quantitative estimate of drug-likeness (QED) is 0.224. The summed E-state index contributed by atoms with van der Waals surface area (Å²) in [6.45, 7) is 0. The van der Waals surface area contributed by atoms with E-state index in [1.807, 2.05) is 0 Å². The Morgan fingerprint density at radius 1 is 0.892 bits per heavy atom. The maximum absolute atomic E-state index is 12.9. The number of aromatic hydroxyl groups is 3. The summed E-state index contributed by atoms with van der Waals surface area (Å²) < 4.78 is 26.3. The fourth-order valence-corrected chi connectivity index (χ4v) is 3.84. The Balaban J connectivity index is 1.80. The van der Waals surface area contributed by atoms with Gasteiger partial charge in [-0.2, -0.15) is 0 Å². The van der Waals surface area contributed by atoms with Crippen LogP contribution in [0.25, 0.3) is 22.3 Å². The number of hydrogen-bond donors (Lipinski definition) is 7. The standard InChI is InChI=1S/C23H22O14/c1-33-11-3-7(4-12(34-2)14(11)25)20-17(28)15(26)13-9(24)5-8(6-10(13)36-20)35-23-19(30)16(27)18(29)21(37-23)22(31)32/h3-6,16,18-19,21,23-25,27-30H,1-2H3,(H,31,32)/t16-,18-,19+,21-,23?/m0/s1. The molecule has 37 heavy (non-hydrogen) atoms. The van der Waals surface area contributed by atoms with E-state index in [0.29, 0.717) is 0 Å². The van der Waals surface area contributed by atoms with Crippen LogP contribution in [0.4, 0.5) is 0 Å². The first-order valence-corrected chi connectivity index (χ1v) is 10.6. The van der Waals surface area contributed by atoms with E-state index in [1.54, 1.807) is 0 Å². The molecule has 1 unspecified atom stereocenters. The van der Waals surface area contributed by atoms with Gasteiger partial charge in [0.2, 0.25) is 23.2 Å². The number of benzene rings is 2. The maximum atomic E-state index is 12.9. The number of ether oxygens (including phenoxy) is 4. The predicted octanol–water partition coefficient (Wildman–Crippen LogP) is -0.135. The van der Waals surface area contributed by atoms with Crippen LogP contribution in [0, 0.1) is 0 Å². The molecule has 0 radical (unpaired) electrons. The predicted molar refractivity (Wildman–Crippen MR) is 121 cm³/mol. The average Bonchev–Trinajstić information content (AvgIpc) is 2.86. The molecule has 14 nitrogen and oxygen atoms in total. The molecule has 1 fully saturated rings. The summed E-state index contributed by atoms with van der Waals surface area (Å²) in [5.41, 5.74) is -1.27. The van der Waals surface area contributed by atoms with Crippen LogP contribution in [0.15, 0.2) is 33.5 Å². The van der Waals surface area contributed by atoms with Crippen molar-refractivity contribution in [2.75, 3.05) is 14.2 Å². The van der Waals surface area contributed by atoms with Crippen molar-refractivity contribution in [2.24, 2.45) is 0 Å². The van der Waals surface area contributed by atoms with E-state index in [4.69, 9.17) is 23.4 Å². The molecule has 0 saturated carbocycles. The minimum Gasteiger partial charge on any atom is -0.507 e. The highest BCUT2D eigenvalue weighted by Gasteiger charge is 2.48. The molecular weight excluding hydrogens is 500 g/mol. The Morgan fingerprint density at radius 3 is 2.08 bits per heavy atom. The van der Waals surface area contributed by atoms with Crippen molar-refractivity contribution in [3.8, 4) is 45.8 Å². The van der Waals surface area contributed by atoms with Gasteiger partial charge in [0, 0.05) is 17.7 Å². The lowest BCUT2D eigenvalue weighted by Crippen LogP contribution is -2.61. The third kappa shape index (κ3) is 4.42. The van der Waals surface area contributed by atoms with Crippen molar-refractivity contribution in [3.63, 3.8) is 0 Å². The average molecular weight is 522 g/mol. The SMILES string of the molecule is COc1cc(-c2oc3cc(OC4O[C@H](C(=O)O)[C@@H](O)[C@H](O)[C@H]4O)cc(O)c3c(=O)c2O)cc(OC)c1O. The maximum Gasteiger partial charge on any atom is 0.335 e. The molecule has 4 rings (SSSR count). The van der Waals surface area contributed by atoms with E-state index in [9.17, 15) is 45.3 Å². The van der Waals surface area contributed by atoms with Crippen molar-refractivity contribution in [1.29, 1.82) is 0 Å². The molecule has 0 amide bonds. The number of aliphatic hydroxyl groups is 3. The van der Waals surface area contributed by atoms with Crippen molar-refractivity contribution in [1.82, 2.24) is 0 Å². The molecule has 1 saturated heterocycles. The van der Waals surface area contributed by atoms with Crippen LogP contribution >= 0.6 is 0 Å². The zero-order chi connectivity index (χ0) is 27.2. The van der Waals surface area contributed by atoms with E-state index in [0.717, 1.165) is 12.1 Å². The second kappa shape index (κ2) is 9.67. The van der Waals surface area contributed by atoms with Gasteiger partial charge in [-0.15, -0.1) is 0 Å². The second-order valence-corrected chi connectivity index (χ2v) is 8.01. The van der Waals surface area contributed by atoms with Crippen molar-refractivity contribution in [3.05, 3.63) is 34.5 Å². The molecule has 198 valence electrons. The topological polar surface area (TPSA) is 226 Å². The number of fused-ring (bicyclic) bond motifs is 1. The number of methoxy groups -OCH3 is 2. The Morgan fingerprint density at radius 2 is 1.51 bits per heavy atom. The Hall–Kier alpha value is -4.24. The van der Waals surface area contributed by atoms with Gasteiger partial charge in [0.25, 0.3) is 0 Å². The number of carboxylic acid groups (broad SMARTS) is 1. The fraction of sp³-hybridized carbons (Fsp3) is 0.304. The smallest absolute Gasteiger partial charge is 0.335 e. The molecule has 14 heteroatoms. The van der Waals surface area contributed by atoms with Gasteiger partial charge in [-0.3, -0.25) is 4.79 Å². The van der Waals surface area contributed by atoms with Gasteiger partial charge in [0.05, 0.1) is 14.2 Å². The van der Waals surface area contributed by atoms with Gasteiger partial charge in [-0.1, -0.05) is 0 Å². The number of phenols is 2. The van der Waals surface area contributed by atoms with Gasteiger partial charge in [0.1, 0.15) is 40.8 Å². The van der Waals surface area contributed by atoms with Crippen molar-refractivity contribution >= 4 is 16.9 Å². The molecule has 3 aromatic rings. The van der Waals surface area contributed by atoms with Crippen molar-refractivity contribution in [2.45, 2.75) is 30.7 Å². The zero-order valence-electron chi connectivity index (χ0n) is 19.2. The number of carbonyl (C=O) groups is 1. The van der Waals surface area contributed by atoms with Crippen LogP contribution in [0.3, 0.4) is 0 Å². The fourth-order valence-electron chi connectivity index (χ4n) is 3.84. The lowest BCUT2D eigenvalue weighted by molar-refractivity contribution is -0.271. The number of carboxylic acids is 1. The Kier molecular flexibility index (Phi) is 6.75. The summed E-state index contributed by atoms with van der Waals surface area (Å²) in [5, 5.41) is 69.8. The summed E-state index contributed by atoms with van der Waals surface area (Å²) in [5.74, 6) is -4.35. The molecule has 7 N–H and O–H groups in total. The molecule has 0 spiro atoms. The number of rotatable bonds is 6. The molecular formula is C23H22O14. The summed E-state index contributed by atoms with van der Waals surface area (Å²) in [7, 11) is 2.53. The zero-order valence-corrected chi connectivity index (χ0v) is 19.2. The number of hydrogen-bond acceptors (Lipinski definition) is 13. The van der Waals surface area contributed by atoms with Gasteiger partial charge < -0.3 is 59.1 Å². The molecule has 1 aliphatic rings. The highest BCUT2D eigenvalue weighted by molar-refractivity contribution is 5.88. The Labute approximate surface area is 206 Å². The normalized spacial score (nSPS) is 23.5. The highest BCUT2D eigenvalue weighted by atomic mass is 16.7. The van der Waals surface area contributed by atoms with Crippen LogP contribution in [-0.2, 0) is 9.53 Å². The largest absolute Gasteiger partial charge is 0.507 e. The van der Waals surface area contributed by atoms with Crippen LogP contribution in [0.1, 0.15) is 0 Å². The van der Waals surface area contributed by atoms with Crippen LogP contribution in [0.5, 0.6) is 34.5 Å². The molecule has 0 bridgehead atoms. The van der Waals surface area contributed by atoms with Gasteiger partial charge >= 0.3 is 5.97 Å². The van der Waals surface area contributed by atoms with E-state index in [-0.39, 0.29) is 39.9 Å². The third-order valence-corrected chi connectivity index (χ3v) is 5.73. The number of phenolic OH excluding ortho intramolecular Hbond substituents is 2. The molecule has 2 heterocycles. The summed E-state index contributed by atoms with van der Waals surface area (Å²) in [6.07, 6.45) is -9.50. The van der Waals surface area contributed by atoms with Crippen molar-refractivity contribution < 1.29 is 63.9 Å². The highest BCUT2D eigenvalue weighted by Crippen LogP contribution is 2.43. The molecule has 1 aromatic heterocycles. The monoisotopic (exact) mass is 522 g/mol. The summed E-state index contributed by atoms with van der Waals surface area (Å²) >= 11 is 0. The van der Waals surface area contributed by atoms with Gasteiger partial charge in [-0.05, 0) is 12.1 Å². The second-order valence-electron chi connectivity index (χ2n) is 8.01. The van der Waals surface area contributed by atoms with E-state index in [2.05, 4.69) is 0 Å². The summed E-state index contributed by atoms with van der Waals surface area (Å²) in [4.78, 5) is 24.2. The van der Waals surface area contributed by atoms with E-state index >= 15 is 0 Å².